The molecule has 5 nitrogen and oxygen atoms in total. The number of fused-ring (bicyclic) bond motifs is 3. The van der Waals surface area contributed by atoms with Crippen LogP contribution in [0, 0.1) is 5.82 Å². The number of nitrogens with zero attached hydrogens (tertiary/aromatic N) is 3. The highest BCUT2D eigenvalue weighted by atomic mass is 19.1. The van der Waals surface area contributed by atoms with Crippen LogP contribution in [0.15, 0.2) is 48.7 Å². The number of rotatable bonds is 4. The Morgan fingerprint density at radius 1 is 1.10 bits per heavy atom. The molecular weight excluding hydrogens is 393 g/mol. The molecule has 4 heterocycles. The number of benzene rings is 1. The second kappa shape index (κ2) is 7.85. The highest BCUT2D eigenvalue weighted by Crippen LogP contribution is 2.55. The van der Waals surface area contributed by atoms with Gasteiger partial charge in [-0.15, -0.1) is 0 Å². The summed E-state index contributed by atoms with van der Waals surface area (Å²) in [6.45, 7) is 3.38. The Kier molecular flexibility index (Phi) is 5.02. The van der Waals surface area contributed by atoms with Crippen molar-refractivity contribution in [3.05, 3.63) is 71.3 Å². The van der Waals surface area contributed by atoms with Crippen LogP contribution >= 0.6 is 0 Å². The summed E-state index contributed by atoms with van der Waals surface area (Å²) in [6.07, 6.45) is 8.99. The molecule has 2 unspecified atom stereocenters. The van der Waals surface area contributed by atoms with Crippen LogP contribution in [0.25, 0.3) is 17.2 Å². The van der Waals surface area contributed by atoms with Crippen molar-refractivity contribution in [3.8, 4) is 22.9 Å². The van der Waals surface area contributed by atoms with E-state index >= 15 is 0 Å². The van der Waals surface area contributed by atoms with Gasteiger partial charge in [-0.05, 0) is 56.1 Å². The molecular formula is C25H26FN3O2. The number of aromatic nitrogens is 2. The molecule has 3 aromatic rings. The van der Waals surface area contributed by atoms with Crippen molar-refractivity contribution in [2.75, 3.05) is 6.54 Å². The van der Waals surface area contributed by atoms with Crippen LogP contribution in [0.2, 0.25) is 0 Å². The van der Waals surface area contributed by atoms with Gasteiger partial charge in [-0.2, -0.15) is 0 Å². The highest BCUT2D eigenvalue weighted by molar-refractivity contribution is 5.64. The van der Waals surface area contributed by atoms with Gasteiger partial charge in [0.05, 0.1) is 11.7 Å². The van der Waals surface area contributed by atoms with E-state index < -0.39 is 0 Å². The Morgan fingerprint density at radius 2 is 1.94 bits per heavy atom. The van der Waals surface area contributed by atoms with Crippen molar-refractivity contribution in [1.29, 1.82) is 0 Å². The van der Waals surface area contributed by atoms with Gasteiger partial charge in [0, 0.05) is 35.5 Å². The second-order valence-corrected chi connectivity index (χ2v) is 8.25. The Bertz CT molecular complexity index is 1140. The van der Waals surface area contributed by atoms with Gasteiger partial charge < -0.3 is 10.2 Å². The number of halogens is 1. The molecule has 0 aliphatic carbocycles. The Labute approximate surface area is 181 Å². The average molecular weight is 420 g/mol. The SMILES string of the molecule is CCn1c(O)c2c(c1O)C1CCCCN1C2C=Cc1ccc(-c2cccc(F)c2)cn1. The van der Waals surface area contributed by atoms with Crippen molar-refractivity contribution in [1.82, 2.24) is 14.5 Å². The summed E-state index contributed by atoms with van der Waals surface area (Å²) in [5, 5.41) is 21.6. The van der Waals surface area contributed by atoms with Gasteiger partial charge in [-0.25, -0.2) is 4.39 Å². The minimum absolute atomic E-state index is 0.0938. The van der Waals surface area contributed by atoms with Crippen LogP contribution in [0.1, 0.15) is 55.1 Å². The van der Waals surface area contributed by atoms with Gasteiger partial charge in [0.25, 0.3) is 0 Å². The van der Waals surface area contributed by atoms with Gasteiger partial charge >= 0.3 is 0 Å². The highest BCUT2D eigenvalue weighted by Gasteiger charge is 2.44. The van der Waals surface area contributed by atoms with Gasteiger partial charge in [0.1, 0.15) is 5.82 Å². The van der Waals surface area contributed by atoms with Crippen molar-refractivity contribution in [3.63, 3.8) is 0 Å². The average Bonchev–Trinajstić information content (AvgIpc) is 3.25. The van der Waals surface area contributed by atoms with Crippen LogP contribution in [-0.2, 0) is 6.54 Å². The van der Waals surface area contributed by atoms with Crippen molar-refractivity contribution >= 4 is 6.08 Å². The maximum Gasteiger partial charge on any atom is 0.199 e. The molecule has 2 aliphatic heterocycles. The van der Waals surface area contributed by atoms with Gasteiger partial charge in [-0.3, -0.25) is 14.5 Å². The van der Waals surface area contributed by atoms with Crippen LogP contribution < -0.4 is 0 Å². The second-order valence-electron chi connectivity index (χ2n) is 8.25. The fourth-order valence-electron chi connectivity index (χ4n) is 5.05. The number of hydrogen-bond acceptors (Lipinski definition) is 4. The lowest BCUT2D eigenvalue weighted by atomic mass is 9.99. The predicted octanol–water partition coefficient (Wildman–Crippen LogP) is 5.42. The van der Waals surface area contributed by atoms with Gasteiger partial charge in [0.2, 0.25) is 0 Å². The van der Waals surface area contributed by atoms with Crippen molar-refractivity contribution < 1.29 is 14.6 Å². The summed E-state index contributed by atoms with van der Waals surface area (Å²) in [4.78, 5) is 6.89. The minimum atomic E-state index is -0.267. The molecule has 0 bridgehead atoms. The minimum Gasteiger partial charge on any atom is -0.494 e. The topological polar surface area (TPSA) is 61.5 Å². The van der Waals surface area contributed by atoms with Crippen LogP contribution in [-0.4, -0.2) is 31.2 Å². The molecule has 160 valence electrons. The van der Waals surface area contributed by atoms with Gasteiger partial charge in [0.15, 0.2) is 11.8 Å². The number of aromatic hydroxyl groups is 2. The van der Waals surface area contributed by atoms with E-state index in [4.69, 9.17) is 0 Å². The van der Waals surface area contributed by atoms with Crippen LogP contribution in [0.4, 0.5) is 4.39 Å². The lowest BCUT2D eigenvalue weighted by molar-refractivity contribution is 0.137. The van der Waals surface area contributed by atoms with E-state index in [1.165, 1.54) is 12.1 Å². The Hall–Kier alpha value is -3.12. The zero-order valence-electron chi connectivity index (χ0n) is 17.5. The van der Waals surface area contributed by atoms with Crippen molar-refractivity contribution in [2.24, 2.45) is 0 Å². The van der Waals surface area contributed by atoms with Crippen LogP contribution in [0.5, 0.6) is 11.8 Å². The Balaban J connectivity index is 1.45. The molecule has 0 amide bonds. The standard InChI is InChI=1S/C25H26FN3O2/c1-2-28-24(30)22-20-8-3-4-13-29(20)21(23(22)25(28)31)12-11-19-10-9-17(15-27-19)16-6-5-7-18(26)14-16/h5-7,9-12,14-15,20-21,30-31H,2-4,8,13H2,1H3. The molecule has 6 heteroatoms. The number of pyridine rings is 1. The molecule has 2 N–H and O–H groups in total. The maximum absolute atomic E-state index is 13.5. The van der Waals surface area contributed by atoms with Gasteiger partial charge in [-0.1, -0.05) is 30.7 Å². The first-order chi connectivity index (χ1) is 15.1. The predicted molar refractivity (Wildman–Crippen MR) is 118 cm³/mol. The largest absolute Gasteiger partial charge is 0.494 e. The molecule has 0 radical (unpaired) electrons. The zero-order valence-corrected chi connectivity index (χ0v) is 17.5. The summed E-state index contributed by atoms with van der Waals surface area (Å²) in [6, 6.07) is 10.4. The van der Waals surface area contributed by atoms with E-state index in [-0.39, 0.29) is 29.7 Å². The maximum atomic E-state index is 13.5. The molecule has 31 heavy (non-hydrogen) atoms. The smallest absolute Gasteiger partial charge is 0.199 e. The van der Waals surface area contributed by atoms with E-state index in [1.807, 2.05) is 31.2 Å². The molecule has 0 spiro atoms. The third kappa shape index (κ3) is 3.31. The summed E-state index contributed by atoms with van der Waals surface area (Å²) >= 11 is 0. The first-order valence-corrected chi connectivity index (χ1v) is 10.9. The fourth-order valence-corrected chi connectivity index (χ4v) is 5.05. The van der Waals surface area contributed by atoms with Crippen molar-refractivity contribution in [2.45, 2.75) is 44.8 Å². The summed E-state index contributed by atoms with van der Waals surface area (Å²) < 4.78 is 15.1. The molecule has 1 saturated heterocycles. The molecule has 2 atom stereocenters. The summed E-state index contributed by atoms with van der Waals surface area (Å²) in [7, 11) is 0. The third-order valence-corrected chi connectivity index (χ3v) is 6.52. The van der Waals surface area contributed by atoms with Crippen LogP contribution in [0.3, 0.4) is 0 Å². The van der Waals surface area contributed by atoms with E-state index in [0.29, 0.717) is 6.54 Å². The zero-order chi connectivity index (χ0) is 21.5. The lowest BCUT2D eigenvalue weighted by Crippen LogP contribution is -2.30. The molecule has 5 rings (SSSR count). The number of hydrogen-bond donors (Lipinski definition) is 2. The first-order valence-electron chi connectivity index (χ1n) is 10.9. The normalized spacial score (nSPS) is 20.8. The first kappa shape index (κ1) is 19.8. The fraction of sp³-hybridized carbons (Fsp3) is 0.320. The monoisotopic (exact) mass is 419 g/mol. The molecule has 1 aromatic carbocycles. The third-order valence-electron chi connectivity index (χ3n) is 6.52. The molecule has 0 saturated carbocycles. The van der Waals surface area contributed by atoms with E-state index in [1.54, 1.807) is 16.8 Å². The summed E-state index contributed by atoms with van der Waals surface area (Å²) in [5.74, 6) is 0.0884. The molecule has 1 fully saturated rings. The van der Waals surface area contributed by atoms with E-state index in [9.17, 15) is 14.6 Å². The quantitative estimate of drug-likeness (QED) is 0.593. The van der Waals surface area contributed by atoms with E-state index in [2.05, 4.69) is 16.0 Å². The molecule has 2 aromatic heterocycles. The molecule has 2 aliphatic rings. The lowest BCUT2D eigenvalue weighted by Gasteiger charge is -2.33. The Morgan fingerprint density at radius 3 is 2.68 bits per heavy atom. The number of piperidine rings is 1. The van der Waals surface area contributed by atoms with E-state index in [0.717, 1.165) is 53.8 Å². The summed E-state index contributed by atoms with van der Waals surface area (Å²) in [5.41, 5.74) is 4.14.